The van der Waals surface area contributed by atoms with E-state index in [4.69, 9.17) is 11.6 Å². The third-order valence-electron chi connectivity index (χ3n) is 3.64. The van der Waals surface area contributed by atoms with Crippen molar-refractivity contribution in [1.29, 1.82) is 0 Å². The summed E-state index contributed by atoms with van der Waals surface area (Å²) in [5.41, 5.74) is 1.89. The van der Waals surface area contributed by atoms with Crippen LogP contribution < -0.4 is 10.6 Å². The minimum absolute atomic E-state index is 0.0776. The summed E-state index contributed by atoms with van der Waals surface area (Å²) in [5, 5.41) is 15.9. The van der Waals surface area contributed by atoms with Crippen LogP contribution in [0, 0.1) is 6.92 Å². The van der Waals surface area contributed by atoms with Gasteiger partial charge in [-0.1, -0.05) is 47.2 Å². The predicted octanol–water partition coefficient (Wildman–Crippen LogP) is 4.00. The summed E-state index contributed by atoms with van der Waals surface area (Å²) in [4.78, 5) is 12.0. The van der Waals surface area contributed by atoms with Gasteiger partial charge in [0.05, 0.1) is 5.25 Å². The Morgan fingerprint density at radius 2 is 2.26 bits per heavy atom. The molecule has 1 atom stereocenters. The fraction of sp³-hybridized carbons (Fsp3) is 0.400. The molecule has 1 aliphatic rings. The quantitative estimate of drug-likeness (QED) is 0.853. The Kier molecular flexibility index (Phi) is 5.40. The molecule has 0 unspecified atom stereocenters. The van der Waals surface area contributed by atoms with Gasteiger partial charge in [-0.05, 0) is 37.5 Å². The van der Waals surface area contributed by atoms with Crippen molar-refractivity contribution in [2.24, 2.45) is 0 Å². The third kappa shape index (κ3) is 4.16. The van der Waals surface area contributed by atoms with Crippen LogP contribution >= 0.6 is 34.7 Å². The van der Waals surface area contributed by atoms with E-state index < -0.39 is 0 Å². The Morgan fingerprint density at radius 3 is 3.13 bits per heavy atom. The number of hydrogen-bond acceptors (Lipinski definition) is 6. The Balaban J connectivity index is 1.68. The van der Waals surface area contributed by atoms with E-state index in [0.717, 1.165) is 41.4 Å². The van der Waals surface area contributed by atoms with Crippen molar-refractivity contribution in [1.82, 2.24) is 15.5 Å². The van der Waals surface area contributed by atoms with Gasteiger partial charge in [-0.25, -0.2) is 0 Å². The lowest BCUT2D eigenvalue weighted by Crippen LogP contribution is -2.30. The van der Waals surface area contributed by atoms with Crippen LogP contribution in [-0.4, -0.2) is 27.9 Å². The van der Waals surface area contributed by atoms with Crippen molar-refractivity contribution in [3.05, 3.63) is 28.8 Å². The highest BCUT2D eigenvalue weighted by Crippen LogP contribution is 2.34. The number of rotatable bonds is 4. The molecule has 0 radical (unpaired) electrons. The summed E-state index contributed by atoms with van der Waals surface area (Å²) in [6.07, 6.45) is 2.98. The molecule has 1 aliphatic heterocycles. The lowest BCUT2D eigenvalue weighted by molar-refractivity contribution is -0.120. The lowest BCUT2D eigenvalue weighted by Gasteiger charge is -2.09. The highest BCUT2D eigenvalue weighted by Gasteiger charge is 2.23. The van der Waals surface area contributed by atoms with E-state index in [9.17, 15) is 4.79 Å². The zero-order chi connectivity index (χ0) is 16.2. The van der Waals surface area contributed by atoms with Gasteiger partial charge in [0.15, 0.2) is 4.34 Å². The molecule has 0 spiro atoms. The number of carbonyl (C=O) groups is 1. The molecule has 0 aliphatic carbocycles. The molecule has 2 aromatic rings. The second kappa shape index (κ2) is 7.51. The van der Waals surface area contributed by atoms with Gasteiger partial charge in [-0.15, -0.1) is 10.2 Å². The number of carbonyl (C=O) groups excluding carboxylic acids is 1. The molecule has 0 bridgehead atoms. The monoisotopic (exact) mass is 368 g/mol. The SMILES string of the molecule is Cc1c(Cl)cccc1Nc1nnc(S[C@@H]2CCCCNC2=O)s1. The molecule has 122 valence electrons. The van der Waals surface area contributed by atoms with Gasteiger partial charge in [0.25, 0.3) is 0 Å². The third-order valence-corrected chi connectivity index (χ3v) is 6.24. The molecular formula is C15H17ClN4OS2. The van der Waals surface area contributed by atoms with E-state index in [2.05, 4.69) is 20.8 Å². The second-order valence-electron chi connectivity index (χ2n) is 5.30. The van der Waals surface area contributed by atoms with Gasteiger partial charge < -0.3 is 10.6 Å². The van der Waals surface area contributed by atoms with Crippen LogP contribution in [-0.2, 0) is 4.79 Å². The number of benzene rings is 1. The maximum Gasteiger partial charge on any atom is 0.233 e. The summed E-state index contributed by atoms with van der Waals surface area (Å²) in [5.74, 6) is 0.0999. The van der Waals surface area contributed by atoms with E-state index in [-0.39, 0.29) is 11.2 Å². The van der Waals surface area contributed by atoms with Gasteiger partial charge in [0, 0.05) is 17.3 Å². The molecule has 5 nitrogen and oxygen atoms in total. The van der Waals surface area contributed by atoms with Gasteiger partial charge in [0.1, 0.15) is 0 Å². The topological polar surface area (TPSA) is 66.9 Å². The van der Waals surface area contributed by atoms with Crippen LogP contribution in [0.2, 0.25) is 5.02 Å². The zero-order valence-electron chi connectivity index (χ0n) is 12.6. The summed E-state index contributed by atoms with van der Waals surface area (Å²) in [7, 11) is 0. The van der Waals surface area contributed by atoms with Crippen LogP contribution in [0.5, 0.6) is 0 Å². The average Bonchev–Trinajstić information content (AvgIpc) is 2.87. The lowest BCUT2D eigenvalue weighted by atomic mass is 10.2. The predicted molar refractivity (Wildman–Crippen MR) is 95.9 cm³/mol. The molecule has 2 heterocycles. The molecule has 1 aromatic carbocycles. The molecule has 2 N–H and O–H groups in total. The summed E-state index contributed by atoms with van der Waals surface area (Å²) >= 11 is 9.07. The van der Waals surface area contributed by atoms with Gasteiger partial charge in [-0.3, -0.25) is 4.79 Å². The number of thioether (sulfide) groups is 1. The Morgan fingerprint density at radius 1 is 1.39 bits per heavy atom. The number of nitrogens with zero attached hydrogens (tertiary/aromatic N) is 2. The average molecular weight is 369 g/mol. The van der Waals surface area contributed by atoms with Crippen LogP contribution in [0.25, 0.3) is 0 Å². The van der Waals surface area contributed by atoms with E-state index in [1.54, 1.807) is 0 Å². The molecule has 1 aromatic heterocycles. The molecule has 1 saturated heterocycles. The molecule has 3 rings (SSSR count). The van der Waals surface area contributed by atoms with E-state index in [1.807, 2.05) is 25.1 Å². The first-order valence-corrected chi connectivity index (χ1v) is 9.51. The maximum absolute atomic E-state index is 12.0. The first-order valence-electron chi connectivity index (χ1n) is 7.43. The van der Waals surface area contributed by atoms with Crippen molar-refractivity contribution in [2.45, 2.75) is 35.8 Å². The van der Waals surface area contributed by atoms with Crippen molar-refractivity contribution < 1.29 is 4.79 Å². The van der Waals surface area contributed by atoms with Crippen LogP contribution in [0.3, 0.4) is 0 Å². The maximum atomic E-state index is 12.0. The minimum Gasteiger partial charge on any atom is -0.355 e. The Hall–Kier alpha value is -1.31. The second-order valence-corrected chi connectivity index (χ2v) is 8.14. The first kappa shape index (κ1) is 16.5. The van der Waals surface area contributed by atoms with E-state index in [0.29, 0.717) is 10.2 Å². The molecule has 23 heavy (non-hydrogen) atoms. The van der Waals surface area contributed by atoms with E-state index >= 15 is 0 Å². The van der Waals surface area contributed by atoms with E-state index in [1.165, 1.54) is 23.1 Å². The smallest absolute Gasteiger partial charge is 0.233 e. The fourth-order valence-corrected chi connectivity index (χ4v) is 4.56. The molecule has 1 amide bonds. The van der Waals surface area contributed by atoms with Crippen molar-refractivity contribution in [3.63, 3.8) is 0 Å². The van der Waals surface area contributed by atoms with Crippen LogP contribution in [0.4, 0.5) is 10.8 Å². The van der Waals surface area contributed by atoms with Crippen LogP contribution in [0.15, 0.2) is 22.5 Å². The number of aromatic nitrogens is 2. The van der Waals surface area contributed by atoms with Crippen molar-refractivity contribution in [3.8, 4) is 0 Å². The van der Waals surface area contributed by atoms with Crippen molar-refractivity contribution >= 4 is 51.4 Å². The first-order chi connectivity index (χ1) is 11.1. The van der Waals surface area contributed by atoms with Gasteiger partial charge in [0.2, 0.25) is 11.0 Å². The van der Waals surface area contributed by atoms with Crippen LogP contribution in [0.1, 0.15) is 24.8 Å². The number of nitrogens with one attached hydrogen (secondary N) is 2. The Bertz CT molecular complexity index is 707. The summed E-state index contributed by atoms with van der Waals surface area (Å²) in [6, 6.07) is 5.70. The van der Waals surface area contributed by atoms with Gasteiger partial charge in [-0.2, -0.15) is 0 Å². The number of amides is 1. The summed E-state index contributed by atoms with van der Waals surface area (Å²) in [6.45, 7) is 2.73. The fourth-order valence-electron chi connectivity index (χ4n) is 2.31. The highest BCUT2D eigenvalue weighted by atomic mass is 35.5. The molecule has 1 fully saturated rings. The van der Waals surface area contributed by atoms with Gasteiger partial charge >= 0.3 is 0 Å². The number of anilines is 2. The Labute approximate surface area is 148 Å². The molecule has 0 saturated carbocycles. The zero-order valence-corrected chi connectivity index (χ0v) is 15.0. The minimum atomic E-state index is -0.0776. The molecular weight excluding hydrogens is 352 g/mol. The number of hydrogen-bond donors (Lipinski definition) is 2. The standard InChI is InChI=1S/C15H17ClN4OS2/c1-9-10(16)5-4-6-11(9)18-14-19-20-15(23-14)22-12-7-2-3-8-17-13(12)21/h4-6,12H,2-3,7-8H2,1H3,(H,17,21)(H,18,19)/t12-/m1/s1. The summed E-state index contributed by atoms with van der Waals surface area (Å²) < 4.78 is 0.800. The largest absolute Gasteiger partial charge is 0.355 e. The van der Waals surface area contributed by atoms with Crippen molar-refractivity contribution in [2.75, 3.05) is 11.9 Å². The molecule has 8 heteroatoms. The highest BCUT2D eigenvalue weighted by molar-refractivity contribution is 8.02. The normalized spacial score (nSPS) is 18.3. The number of halogens is 1.